The van der Waals surface area contributed by atoms with Gasteiger partial charge in [0.1, 0.15) is 11.4 Å². The summed E-state index contributed by atoms with van der Waals surface area (Å²) < 4.78 is 6.46. The highest BCUT2D eigenvalue weighted by molar-refractivity contribution is 5.94. The number of rotatable bonds is 1. The number of hydrogen-bond acceptors (Lipinski definition) is 4. The van der Waals surface area contributed by atoms with Crippen LogP contribution < -0.4 is 5.32 Å². The molecule has 0 fully saturated rings. The number of carbonyl (C=O) groups excluding carboxylic acids is 1. The largest absolute Gasteiger partial charge is 0.465 e. The van der Waals surface area contributed by atoms with Gasteiger partial charge in [0.25, 0.3) is 0 Å². The van der Waals surface area contributed by atoms with Crippen molar-refractivity contribution >= 4 is 11.8 Å². The SMILES string of the molecule is COC(=O)c1cnn2c1NC(C)CC2. The van der Waals surface area contributed by atoms with Gasteiger partial charge < -0.3 is 10.1 Å². The number of nitrogens with one attached hydrogen (secondary N) is 1. The average Bonchev–Trinajstić information content (AvgIpc) is 2.59. The molecule has 1 aliphatic rings. The van der Waals surface area contributed by atoms with E-state index in [-0.39, 0.29) is 5.97 Å². The summed E-state index contributed by atoms with van der Waals surface area (Å²) >= 11 is 0. The Kier molecular flexibility index (Phi) is 2.15. The Morgan fingerprint density at radius 3 is 3.29 bits per heavy atom. The number of nitrogens with zero attached hydrogens (tertiary/aromatic N) is 2. The molecule has 0 amide bonds. The van der Waals surface area contributed by atoms with Crippen LogP contribution in [0.15, 0.2) is 6.20 Å². The maximum absolute atomic E-state index is 11.3. The molecule has 0 saturated heterocycles. The number of ether oxygens (including phenoxy) is 1. The lowest BCUT2D eigenvalue weighted by atomic mass is 10.2. The summed E-state index contributed by atoms with van der Waals surface area (Å²) in [5, 5.41) is 7.34. The third kappa shape index (κ3) is 1.34. The van der Waals surface area contributed by atoms with E-state index in [1.54, 1.807) is 10.9 Å². The van der Waals surface area contributed by atoms with Gasteiger partial charge in [0, 0.05) is 12.6 Å². The molecule has 5 nitrogen and oxygen atoms in total. The maximum Gasteiger partial charge on any atom is 0.343 e. The molecule has 2 heterocycles. The lowest BCUT2D eigenvalue weighted by molar-refractivity contribution is 0.0601. The normalized spacial score (nSPS) is 19.7. The van der Waals surface area contributed by atoms with Crippen LogP contribution in [-0.2, 0) is 11.3 Å². The third-order valence-electron chi connectivity index (χ3n) is 2.40. The molecule has 0 bridgehead atoms. The van der Waals surface area contributed by atoms with E-state index < -0.39 is 0 Å². The Bertz CT molecular complexity index is 359. The van der Waals surface area contributed by atoms with Crippen molar-refractivity contribution in [3.63, 3.8) is 0 Å². The van der Waals surface area contributed by atoms with Crippen LogP contribution in [0.5, 0.6) is 0 Å². The fourth-order valence-electron chi connectivity index (χ4n) is 1.59. The Labute approximate surface area is 82.0 Å². The Hall–Kier alpha value is -1.52. The second kappa shape index (κ2) is 3.32. The number of methoxy groups -OCH3 is 1. The van der Waals surface area contributed by atoms with E-state index in [1.807, 2.05) is 0 Å². The fraction of sp³-hybridized carbons (Fsp3) is 0.556. The van der Waals surface area contributed by atoms with Gasteiger partial charge in [-0.3, -0.25) is 0 Å². The highest BCUT2D eigenvalue weighted by Gasteiger charge is 2.22. The number of carbonyl (C=O) groups is 1. The molecule has 0 aromatic carbocycles. The Balaban J connectivity index is 2.35. The number of aromatic nitrogens is 2. The Morgan fingerprint density at radius 1 is 1.79 bits per heavy atom. The molecular formula is C9H13N3O2. The van der Waals surface area contributed by atoms with Gasteiger partial charge in [0.15, 0.2) is 0 Å². The first-order valence-electron chi connectivity index (χ1n) is 4.63. The molecule has 1 atom stereocenters. The first-order chi connectivity index (χ1) is 6.72. The molecule has 1 unspecified atom stereocenters. The van der Waals surface area contributed by atoms with Crippen molar-refractivity contribution in [1.29, 1.82) is 0 Å². The highest BCUT2D eigenvalue weighted by Crippen LogP contribution is 2.22. The van der Waals surface area contributed by atoms with Crippen LogP contribution in [-0.4, -0.2) is 28.9 Å². The van der Waals surface area contributed by atoms with Crippen molar-refractivity contribution in [3.8, 4) is 0 Å². The zero-order chi connectivity index (χ0) is 10.1. The fourth-order valence-corrected chi connectivity index (χ4v) is 1.59. The summed E-state index contributed by atoms with van der Waals surface area (Å²) in [5.41, 5.74) is 0.513. The molecule has 1 N–H and O–H groups in total. The van der Waals surface area contributed by atoms with Crippen LogP contribution in [0, 0.1) is 0 Å². The number of anilines is 1. The lowest BCUT2D eigenvalue weighted by Gasteiger charge is -2.22. The molecular weight excluding hydrogens is 182 g/mol. The quantitative estimate of drug-likeness (QED) is 0.676. The van der Waals surface area contributed by atoms with Crippen molar-refractivity contribution in [2.45, 2.75) is 25.9 Å². The minimum Gasteiger partial charge on any atom is -0.465 e. The van der Waals surface area contributed by atoms with Crippen molar-refractivity contribution in [1.82, 2.24) is 9.78 Å². The van der Waals surface area contributed by atoms with E-state index in [0.717, 1.165) is 18.8 Å². The topological polar surface area (TPSA) is 56.1 Å². The zero-order valence-electron chi connectivity index (χ0n) is 8.28. The van der Waals surface area contributed by atoms with Crippen LogP contribution >= 0.6 is 0 Å². The first-order valence-corrected chi connectivity index (χ1v) is 4.63. The van der Waals surface area contributed by atoms with Gasteiger partial charge in [0.05, 0.1) is 13.3 Å². The van der Waals surface area contributed by atoms with Gasteiger partial charge >= 0.3 is 5.97 Å². The van der Waals surface area contributed by atoms with Crippen molar-refractivity contribution < 1.29 is 9.53 Å². The van der Waals surface area contributed by atoms with Gasteiger partial charge in [0.2, 0.25) is 0 Å². The summed E-state index contributed by atoms with van der Waals surface area (Å²) in [6.07, 6.45) is 2.57. The smallest absolute Gasteiger partial charge is 0.343 e. The summed E-state index contributed by atoms with van der Waals surface area (Å²) in [6, 6.07) is 0.377. The number of hydrogen-bond donors (Lipinski definition) is 1. The van der Waals surface area contributed by atoms with Gasteiger partial charge in [-0.1, -0.05) is 0 Å². The van der Waals surface area contributed by atoms with Crippen LogP contribution in [0.2, 0.25) is 0 Å². The van der Waals surface area contributed by atoms with Gasteiger partial charge in [-0.15, -0.1) is 0 Å². The molecule has 0 spiro atoms. The minimum absolute atomic E-state index is 0.340. The molecule has 5 heteroatoms. The molecule has 0 radical (unpaired) electrons. The molecule has 1 aromatic rings. The number of aryl methyl sites for hydroxylation is 1. The summed E-state index contributed by atoms with van der Waals surface area (Å²) in [4.78, 5) is 11.3. The summed E-state index contributed by atoms with van der Waals surface area (Å²) in [7, 11) is 1.37. The number of fused-ring (bicyclic) bond motifs is 1. The first kappa shape index (κ1) is 9.05. The Morgan fingerprint density at radius 2 is 2.57 bits per heavy atom. The lowest BCUT2D eigenvalue weighted by Crippen LogP contribution is -2.27. The van der Waals surface area contributed by atoms with Crippen LogP contribution in [0.3, 0.4) is 0 Å². The van der Waals surface area contributed by atoms with E-state index in [4.69, 9.17) is 0 Å². The average molecular weight is 195 g/mol. The predicted octanol–water partition coefficient (Wildman–Crippen LogP) is 0.874. The van der Waals surface area contributed by atoms with E-state index in [0.29, 0.717) is 11.6 Å². The predicted molar refractivity (Wildman–Crippen MR) is 51.3 cm³/mol. The van der Waals surface area contributed by atoms with E-state index in [2.05, 4.69) is 22.1 Å². The van der Waals surface area contributed by atoms with Crippen LogP contribution in [0.4, 0.5) is 5.82 Å². The molecule has 2 rings (SSSR count). The van der Waals surface area contributed by atoms with E-state index in [9.17, 15) is 4.79 Å². The standard InChI is InChI=1S/C9H13N3O2/c1-6-3-4-12-8(11-6)7(5-10-12)9(13)14-2/h5-6,11H,3-4H2,1-2H3. The van der Waals surface area contributed by atoms with E-state index >= 15 is 0 Å². The molecule has 0 aliphatic carbocycles. The zero-order valence-corrected chi connectivity index (χ0v) is 8.28. The highest BCUT2D eigenvalue weighted by atomic mass is 16.5. The van der Waals surface area contributed by atoms with Gasteiger partial charge in [-0.2, -0.15) is 5.10 Å². The summed E-state index contributed by atoms with van der Waals surface area (Å²) in [5.74, 6) is 0.434. The molecule has 1 aromatic heterocycles. The van der Waals surface area contributed by atoms with Crippen LogP contribution in [0.25, 0.3) is 0 Å². The minimum atomic E-state index is -0.340. The molecule has 0 saturated carbocycles. The number of esters is 1. The second-order valence-corrected chi connectivity index (χ2v) is 3.46. The van der Waals surface area contributed by atoms with Gasteiger partial charge in [-0.25, -0.2) is 9.48 Å². The van der Waals surface area contributed by atoms with Crippen LogP contribution in [0.1, 0.15) is 23.7 Å². The van der Waals surface area contributed by atoms with Crippen molar-refractivity contribution in [2.24, 2.45) is 0 Å². The van der Waals surface area contributed by atoms with Gasteiger partial charge in [-0.05, 0) is 13.3 Å². The molecule has 76 valence electrons. The van der Waals surface area contributed by atoms with Crippen molar-refractivity contribution in [3.05, 3.63) is 11.8 Å². The second-order valence-electron chi connectivity index (χ2n) is 3.46. The molecule has 14 heavy (non-hydrogen) atoms. The maximum atomic E-state index is 11.3. The summed E-state index contributed by atoms with van der Waals surface area (Å²) in [6.45, 7) is 2.93. The van der Waals surface area contributed by atoms with Crippen molar-refractivity contribution in [2.75, 3.05) is 12.4 Å². The van der Waals surface area contributed by atoms with E-state index in [1.165, 1.54) is 7.11 Å². The monoisotopic (exact) mass is 195 g/mol. The third-order valence-corrected chi connectivity index (χ3v) is 2.40. The molecule has 1 aliphatic heterocycles.